The molecule has 0 bridgehead atoms. The molecule has 0 aliphatic rings. The highest BCUT2D eigenvalue weighted by Gasteiger charge is 2.28. The molecule has 0 atom stereocenters. The van der Waals surface area contributed by atoms with Crippen LogP contribution in [0.1, 0.15) is 114 Å². The van der Waals surface area contributed by atoms with Gasteiger partial charge in [-0.05, 0) is 42.2 Å². The maximum Gasteiger partial charge on any atom is 0.356 e. The maximum atomic E-state index is 13.5. The molecule has 0 radical (unpaired) electrons. The first-order valence-electron chi connectivity index (χ1n) is 13.1. The molecular weight excluding hydrogens is 534 g/mol. The summed E-state index contributed by atoms with van der Waals surface area (Å²) in [7, 11) is 0. The van der Waals surface area contributed by atoms with Crippen molar-refractivity contribution in [1.82, 2.24) is 9.13 Å². The number of aromatic nitrogens is 2. The van der Waals surface area contributed by atoms with E-state index >= 15 is 0 Å². The number of nitrogens with one attached hydrogen (secondary N) is 1. The number of hydrogen-bond donors (Lipinski definition) is 2. The number of nitrogens with zero attached hydrogens (tertiary/aromatic N) is 2. The van der Waals surface area contributed by atoms with Crippen LogP contribution in [0.5, 0.6) is 5.75 Å². The molecule has 0 saturated heterocycles. The predicted octanol–water partition coefficient (Wildman–Crippen LogP) is 6.53. The lowest BCUT2D eigenvalue weighted by Gasteiger charge is -2.28. The van der Waals surface area contributed by atoms with Gasteiger partial charge in [0.2, 0.25) is 5.62 Å². The normalized spacial score (nSPS) is 11.9. The molecule has 0 spiro atoms. The van der Waals surface area contributed by atoms with E-state index in [2.05, 4.69) is 13.8 Å². The first-order chi connectivity index (χ1) is 16.6. The number of ketones is 1. The Balaban J connectivity index is 0.00000684. The molecule has 2 rings (SSSR count). The Morgan fingerprint density at radius 3 is 1.95 bits per heavy atom. The van der Waals surface area contributed by atoms with Crippen molar-refractivity contribution in [3.05, 3.63) is 46.3 Å². The van der Waals surface area contributed by atoms with E-state index in [4.69, 9.17) is 10.1 Å². The highest BCUT2D eigenvalue weighted by molar-refractivity contribution is 8.93. The number of esters is 1. The molecule has 0 aliphatic carbocycles. The van der Waals surface area contributed by atoms with Crippen LogP contribution >= 0.6 is 17.0 Å². The molecule has 37 heavy (non-hydrogen) atoms. The highest BCUT2D eigenvalue weighted by Crippen LogP contribution is 2.39. The van der Waals surface area contributed by atoms with Crippen LogP contribution in [0.4, 0.5) is 0 Å². The van der Waals surface area contributed by atoms with Crippen molar-refractivity contribution in [1.29, 1.82) is 5.41 Å². The van der Waals surface area contributed by atoms with E-state index in [1.54, 1.807) is 29.8 Å². The molecule has 0 aliphatic heterocycles. The highest BCUT2D eigenvalue weighted by atomic mass is 79.9. The lowest BCUT2D eigenvalue weighted by molar-refractivity contribution is 0.0512. The summed E-state index contributed by atoms with van der Waals surface area (Å²) < 4.78 is 8.41. The summed E-state index contributed by atoms with van der Waals surface area (Å²) in [5.74, 6) is 0.0477. The van der Waals surface area contributed by atoms with Crippen molar-refractivity contribution >= 4 is 28.7 Å². The fourth-order valence-electron chi connectivity index (χ4n) is 4.46. The monoisotopic (exact) mass is 579 g/mol. The molecule has 1 aromatic carbocycles. The lowest BCUT2D eigenvalue weighted by Crippen LogP contribution is -2.29. The summed E-state index contributed by atoms with van der Waals surface area (Å²) in [5.41, 5.74) is 1.58. The number of carbonyl (C=O) groups is 2. The summed E-state index contributed by atoms with van der Waals surface area (Å²) in [5, 5.41) is 19.7. The average molecular weight is 581 g/mol. The molecule has 1 aromatic heterocycles. The van der Waals surface area contributed by atoms with Gasteiger partial charge in [0.1, 0.15) is 11.4 Å². The van der Waals surface area contributed by atoms with Crippen LogP contribution in [0.25, 0.3) is 0 Å². The third-order valence-corrected chi connectivity index (χ3v) is 6.86. The van der Waals surface area contributed by atoms with Gasteiger partial charge in [-0.2, -0.15) is 0 Å². The Kier molecular flexibility index (Phi) is 11.4. The Bertz CT molecular complexity index is 1110. The van der Waals surface area contributed by atoms with Crippen molar-refractivity contribution in [3.8, 4) is 5.75 Å². The molecule has 208 valence electrons. The van der Waals surface area contributed by atoms with Gasteiger partial charge in [-0.25, -0.2) is 4.79 Å². The number of hydrogen-bond acceptors (Lipinski definition) is 5. The lowest BCUT2D eigenvalue weighted by atomic mass is 9.78. The van der Waals surface area contributed by atoms with Crippen molar-refractivity contribution in [2.24, 2.45) is 5.92 Å². The number of phenols is 1. The third-order valence-electron chi connectivity index (χ3n) is 6.86. The largest absolute Gasteiger partial charge is 0.507 e. The second-order valence-corrected chi connectivity index (χ2v) is 11.7. The standard InChI is InChI=1S/C29H45N3O4.BrH/c1-10-19(11-2)13-14-32-23(26(35)36-12-3)17-31(27(32)30)18-24(33)20-15-21(28(4,5)6)25(34)22(16-20)29(7,8)9;/h15-17,19,30,34H,10-14,18H2,1-9H3;1H. The second-order valence-electron chi connectivity index (χ2n) is 11.7. The molecule has 0 saturated carbocycles. The zero-order chi connectivity index (χ0) is 27.4. The van der Waals surface area contributed by atoms with E-state index in [0.717, 1.165) is 19.3 Å². The number of imidazole rings is 1. The van der Waals surface area contributed by atoms with Gasteiger partial charge < -0.3 is 19.0 Å². The van der Waals surface area contributed by atoms with Gasteiger partial charge in [-0.3, -0.25) is 10.2 Å². The van der Waals surface area contributed by atoms with Gasteiger partial charge in [0.25, 0.3) is 0 Å². The van der Waals surface area contributed by atoms with Gasteiger partial charge in [0, 0.05) is 29.4 Å². The van der Waals surface area contributed by atoms with Crippen molar-refractivity contribution < 1.29 is 19.4 Å². The number of Topliss-reactive ketones (excluding diaryl/α,β-unsaturated/α-hetero) is 1. The maximum absolute atomic E-state index is 13.5. The molecule has 2 N–H and O–H groups in total. The van der Waals surface area contributed by atoms with Crippen LogP contribution in [-0.2, 0) is 28.7 Å². The molecule has 1 heterocycles. The zero-order valence-electron chi connectivity index (χ0n) is 24.0. The second kappa shape index (κ2) is 12.9. The topological polar surface area (TPSA) is 97.3 Å². The Morgan fingerprint density at radius 2 is 1.51 bits per heavy atom. The first-order valence-corrected chi connectivity index (χ1v) is 13.1. The van der Waals surface area contributed by atoms with E-state index in [0.29, 0.717) is 29.2 Å². The molecule has 0 fully saturated rings. The molecule has 0 amide bonds. The van der Waals surface area contributed by atoms with Crippen LogP contribution < -0.4 is 5.62 Å². The van der Waals surface area contributed by atoms with Crippen LogP contribution in [0.15, 0.2) is 18.3 Å². The van der Waals surface area contributed by atoms with Gasteiger partial charge in [0.05, 0.1) is 13.2 Å². The van der Waals surface area contributed by atoms with Crippen LogP contribution in [0, 0.1) is 11.3 Å². The Hall–Kier alpha value is -2.35. The fraction of sp³-hybridized carbons (Fsp3) is 0.621. The molecular formula is C29H46BrN3O4. The van der Waals surface area contributed by atoms with E-state index in [9.17, 15) is 14.7 Å². The first kappa shape index (κ1) is 32.7. The number of ether oxygens (including phenoxy) is 1. The van der Waals surface area contributed by atoms with Gasteiger partial charge >= 0.3 is 5.97 Å². The Labute approximate surface area is 232 Å². The van der Waals surface area contributed by atoms with Crippen molar-refractivity contribution in [2.45, 2.75) is 105 Å². The van der Waals surface area contributed by atoms with Crippen LogP contribution in [0.2, 0.25) is 0 Å². The van der Waals surface area contributed by atoms with Crippen LogP contribution in [0.3, 0.4) is 0 Å². The number of aromatic hydroxyl groups is 1. The summed E-state index contributed by atoms with van der Waals surface area (Å²) >= 11 is 0. The van der Waals surface area contributed by atoms with Gasteiger partial charge in [-0.1, -0.05) is 68.2 Å². The number of benzene rings is 1. The van der Waals surface area contributed by atoms with Crippen molar-refractivity contribution in [2.75, 3.05) is 6.61 Å². The Morgan fingerprint density at radius 1 is 1.00 bits per heavy atom. The number of carbonyl (C=O) groups excluding carboxylic acids is 2. The van der Waals surface area contributed by atoms with Crippen LogP contribution in [-0.4, -0.2) is 32.6 Å². The van der Waals surface area contributed by atoms with E-state index in [-0.39, 0.29) is 63.8 Å². The molecule has 8 heteroatoms. The summed E-state index contributed by atoms with van der Waals surface area (Å²) in [6.45, 7) is 18.7. The minimum absolute atomic E-state index is 0. The average Bonchev–Trinajstić information content (AvgIpc) is 3.08. The van der Waals surface area contributed by atoms with Gasteiger partial charge in [-0.15, -0.1) is 17.0 Å². The number of phenolic OH excluding ortho intramolecular Hbond substituents is 1. The minimum atomic E-state index is -0.489. The summed E-state index contributed by atoms with van der Waals surface area (Å²) in [4.78, 5) is 26.2. The number of halogens is 1. The minimum Gasteiger partial charge on any atom is -0.507 e. The molecule has 2 aromatic rings. The predicted molar refractivity (Wildman–Crippen MR) is 153 cm³/mol. The molecule has 0 unspecified atom stereocenters. The number of rotatable bonds is 10. The van der Waals surface area contributed by atoms with Gasteiger partial charge in [0.15, 0.2) is 5.78 Å². The fourth-order valence-corrected chi connectivity index (χ4v) is 4.46. The third kappa shape index (κ3) is 7.82. The van der Waals surface area contributed by atoms with E-state index in [1.165, 1.54) is 4.57 Å². The van der Waals surface area contributed by atoms with E-state index < -0.39 is 5.97 Å². The quantitative estimate of drug-likeness (QED) is 0.247. The SMILES string of the molecule is Br.CCOC(=O)c1cn(CC(=O)c2cc(C(C)(C)C)c(O)c(C(C)(C)C)c2)c(=N)n1CCC(CC)CC. The van der Waals surface area contributed by atoms with E-state index in [1.807, 2.05) is 41.5 Å². The smallest absolute Gasteiger partial charge is 0.356 e. The molecule has 7 nitrogen and oxygen atoms in total. The van der Waals surface area contributed by atoms with Crippen molar-refractivity contribution in [3.63, 3.8) is 0 Å². The summed E-state index contributed by atoms with van der Waals surface area (Å²) in [6, 6.07) is 3.51. The zero-order valence-corrected chi connectivity index (χ0v) is 25.7. The summed E-state index contributed by atoms with van der Waals surface area (Å²) in [6.07, 6.45) is 4.47.